The molecule has 6 nitrogen and oxygen atoms in total. The van der Waals surface area contributed by atoms with Gasteiger partial charge in [-0.2, -0.15) is 5.10 Å². The Morgan fingerprint density at radius 1 is 1.27 bits per heavy atom. The molecule has 0 bridgehead atoms. The number of nitrogens with one attached hydrogen (secondary N) is 1. The van der Waals surface area contributed by atoms with Crippen LogP contribution in [-0.4, -0.2) is 37.9 Å². The van der Waals surface area contributed by atoms with E-state index in [2.05, 4.69) is 31.9 Å². The summed E-state index contributed by atoms with van der Waals surface area (Å²) < 4.78 is 28.4. The van der Waals surface area contributed by atoms with Crippen molar-refractivity contribution in [1.29, 1.82) is 0 Å². The number of aromatic nitrogens is 4. The molecule has 0 saturated heterocycles. The Morgan fingerprint density at radius 2 is 2.15 bits per heavy atom. The summed E-state index contributed by atoms with van der Waals surface area (Å²) in [5.74, 6) is -0.509. The Balaban J connectivity index is 1.58. The number of aromatic amines is 1. The molecule has 3 aromatic rings. The van der Waals surface area contributed by atoms with Gasteiger partial charge in [-0.15, -0.1) is 0 Å². The molecule has 134 valence electrons. The standard InChI is InChI=1S/C18H18F2N6/c1-2-5-25-10-16-18(21-11-25)24-17(23-16)13-7-22-26(9-13)8-12-3-4-14(19)6-15(12)20/h3-4,6-7,9-10H,2,5,8,11H2,1H3,(H,21,23,24). The molecule has 0 radical (unpaired) electrons. The molecule has 0 aliphatic carbocycles. The van der Waals surface area contributed by atoms with E-state index in [1.807, 2.05) is 6.20 Å². The molecule has 1 aliphatic rings. The van der Waals surface area contributed by atoms with Crippen molar-refractivity contribution in [2.75, 3.05) is 13.2 Å². The fourth-order valence-electron chi connectivity index (χ4n) is 2.93. The molecule has 0 spiro atoms. The summed E-state index contributed by atoms with van der Waals surface area (Å²) in [5.41, 5.74) is 1.84. The molecule has 1 aliphatic heterocycles. The second-order valence-corrected chi connectivity index (χ2v) is 6.23. The number of fused-ring (bicyclic) bond motifs is 1. The summed E-state index contributed by atoms with van der Waals surface area (Å²) in [6.07, 6.45) is 6.52. The first-order chi connectivity index (χ1) is 12.6. The molecule has 4 rings (SSSR count). The van der Waals surface area contributed by atoms with Crippen molar-refractivity contribution >= 4 is 6.20 Å². The van der Waals surface area contributed by atoms with Crippen LogP contribution < -0.4 is 10.8 Å². The van der Waals surface area contributed by atoms with Crippen LogP contribution in [0.5, 0.6) is 0 Å². The van der Waals surface area contributed by atoms with Crippen molar-refractivity contribution < 1.29 is 8.78 Å². The van der Waals surface area contributed by atoms with Crippen molar-refractivity contribution in [3.63, 3.8) is 0 Å². The lowest BCUT2D eigenvalue weighted by Gasteiger charge is -2.17. The maximum absolute atomic E-state index is 13.8. The van der Waals surface area contributed by atoms with Gasteiger partial charge in [0.25, 0.3) is 0 Å². The molecule has 26 heavy (non-hydrogen) atoms. The van der Waals surface area contributed by atoms with Gasteiger partial charge in [0.05, 0.1) is 18.3 Å². The number of rotatable bonds is 5. The fourth-order valence-corrected chi connectivity index (χ4v) is 2.93. The third kappa shape index (κ3) is 3.22. The normalized spacial score (nSPS) is 13.3. The molecule has 0 fully saturated rings. The first-order valence-electron chi connectivity index (χ1n) is 8.45. The number of halogens is 2. The van der Waals surface area contributed by atoms with E-state index >= 15 is 0 Å². The van der Waals surface area contributed by atoms with Gasteiger partial charge in [0.15, 0.2) is 5.49 Å². The first-order valence-corrected chi connectivity index (χ1v) is 8.45. The Bertz CT molecular complexity index is 1050. The minimum Gasteiger partial charge on any atom is -0.356 e. The molecule has 0 unspecified atom stereocenters. The number of imidazole rings is 1. The third-order valence-corrected chi connectivity index (χ3v) is 4.19. The smallest absolute Gasteiger partial charge is 0.176 e. The van der Waals surface area contributed by atoms with Gasteiger partial charge >= 0.3 is 0 Å². The van der Waals surface area contributed by atoms with Crippen molar-refractivity contribution in [2.24, 2.45) is 4.99 Å². The first kappa shape index (κ1) is 16.4. The van der Waals surface area contributed by atoms with Crippen LogP contribution in [0.3, 0.4) is 0 Å². The number of benzene rings is 1. The highest BCUT2D eigenvalue weighted by Gasteiger charge is 2.11. The molecule has 1 aromatic carbocycles. The van der Waals surface area contributed by atoms with Crippen LogP contribution in [0.2, 0.25) is 0 Å². The summed E-state index contributed by atoms with van der Waals surface area (Å²) >= 11 is 0. The van der Waals surface area contributed by atoms with E-state index in [1.54, 1.807) is 17.1 Å². The molecular weight excluding hydrogens is 338 g/mol. The minimum absolute atomic E-state index is 0.216. The fraction of sp³-hybridized carbons (Fsp3) is 0.278. The molecule has 3 heterocycles. The van der Waals surface area contributed by atoms with E-state index in [0.29, 0.717) is 23.5 Å². The largest absolute Gasteiger partial charge is 0.356 e. The summed E-state index contributed by atoms with van der Waals surface area (Å²) in [6.45, 7) is 3.89. The molecular formula is C18H18F2N6. The van der Waals surface area contributed by atoms with Crippen LogP contribution >= 0.6 is 0 Å². The quantitative estimate of drug-likeness (QED) is 0.756. The summed E-state index contributed by atoms with van der Waals surface area (Å²) in [6, 6.07) is 3.54. The minimum atomic E-state index is -0.592. The summed E-state index contributed by atoms with van der Waals surface area (Å²) in [7, 11) is 0. The Kier molecular flexibility index (Phi) is 4.24. The lowest BCUT2D eigenvalue weighted by molar-refractivity contribution is 0.410. The zero-order chi connectivity index (χ0) is 18.1. The Hall–Kier alpha value is -3.03. The third-order valence-electron chi connectivity index (χ3n) is 4.19. The number of hydrogen-bond donors (Lipinski definition) is 1. The van der Waals surface area contributed by atoms with E-state index in [4.69, 9.17) is 0 Å². The van der Waals surface area contributed by atoms with Crippen molar-refractivity contribution in [2.45, 2.75) is 19.9 Å². The van der Waals surface area contributed by atoms with Crippen LogP contribution in [0.1, 0.15) is 18.9 Å². The summed E-state index contributed by atoms with van der Waals surface area (Å²) in [4.78, 5) is 14.4. The molecule has 8 heteroatoms. The van der Waals surface area contributed by atoms with E-state index in [-0.39, 0.29) is 6.54 Å². The highest BCUT2D eigenvalue weighted by molar-refractivity contribution is 5.52. The van der Waals surface area contributed by atoms with E-state index in [9.17, 15) is 8.78 Å². The second kappa shape index (κ2) is 6.70. The van der Waals surface area contributed by atoms with Gasteiger partial charge < -0.3 is 9.88 Å². The number of H-pyrrole nitrogens is 1. The van der Waals surface area contributed by atoms with Crippen molar-refractivity contribution in [3.05, 3.63) is 58.6 Å². The van der Waals surface area contributed by atoms with Crippen LogP contribution in [0, 0.1) is 11.6 Å². The second-order valence-electron chi connectivity index (χ2n) is 6.23. The average molecular weight is 356 g/mol. The van der Waals surface area contributed by atoms with Crippen LogP contribution in [0.15, 0.2) is 35.6 Å². The van der Waals surface area contributed by atoms with E-state index < -0.39 is 11.6 Å². The molecule has 0 amide bonds. The zero-order valence-electron chi connectivity index (χ0n) is 14.3. The number of nitrogens with zero attached hydrogens (tertiary/aromatic N) is 5. The predicted octanol–water partition coefficient (Wildman–Crippen LogP) is 1.64. The zero-order valence-corrected chi connectivity index (χ0v) is 14.3. The highest BCUT2D eigenvalue weighted by Crippen LogP contribution is 2.14. The van der Waals surface area contributed by atoms with Gasteiger partial charge in [-0.25, -0.2) is 18.8 Å². The molecule has 1 N–H and O–H groups in total. The van der Waals surface area contributed by atoms with Crippen molar-refractivity contribution in [1.82, 2.24) is 24.6 Å². The molecule has 2 aromatic heterocycles. The van der Waals surface area contributed by atoms with Gasteiger partial charge in [0.2, 0.25) is 0 Å². The average Bonchev–Trinajstić information content (AvgIpc) is 3.24. The van der Waals surface area contributed by atoms with E-state index in [1.165, 1.54) is 12.1 Å². The SMILES string of the molecule is CCCN1C=c2[nH]c(-c3cnn(Cc4ccc(F)cc4F)c3)nc2=NC1. The van der Waals surface area contributed by atoms with Gasteiger partial charge in [0.1, 0.15) is 29.5 Å². The molecule has 0 saturated carbocycles. The Morgan fingerprint density at radius 3 is 2.96 bits per heavy atom. The molecule has 0 atom stereocenters. The lowest BCUT2D eigenvalue weighted by atomic mass is 10.2. The summed E-state index contributed by atoms with van der Waals surface area (Å²) in [5, 5.41) is 5.12. The van der Waals surface area contributed by atoms with Gasteiger partial charge in [-0.3, -0.25) is 4.68 Å². The topological polar surface area (TPSA) is 62.1 Å². The van der Waals surface area contributed by atoms with Gasteiger partial charge in [-0.1, -0.05) is 13.0 Å². The van der Waals surface area contributed by atoms with Crippen LogP contribution in [0.25, 0.3) is 17.6 Å². The lowest BCUT2D eigenvalue weighted by Crippen LogP contribution is -2.36. The monoisotopic (exact) mass is 356 g/mol. The maximum atomic E-state index is 13.8. The highest BCUT2D eigenvalue weighted by atomic mass is 19.1. The van der Waals surface area contributed by atoms with Crippen LogP contribution in [0.4, 0.5) is 8.78 Å². The van der Waals surface area contributed by atoms with Crippen molar-refractivity contribution in [3.8, 4) is 11.4 Å². The van der Waals surface area contributed by atoms with Gasteiger partial charge in [-0.05, 0) is 12.5 Å². The number of hydrogen-bond acceptors (Lipinski definition) is 4. The van der Waals surface area contributed by atoms with Gasteiger partial charge in [0, 0.05) is 30.6 Å². The predicted molar refractivity (Wildman–Crippen MR) is 92.4 cm³/mol. The maximum Gasteiger partial charge on any atom is 0.176 e. The van der Waals surface area contributed by atoms with E-state index in [0.717, 1.165) is 29.9 Å². The van der Waals surface area contributed by atoms with Crippen LogP contribution in [-0.2, 0) is 6.54 Å². The Labute approximate surface area is 148 Å².